The molecule has 1 unspecified atom stereocenters. The van der Waals surface area contributed by atoms with Crippen molar-refractivity contribution in [2.45, 2.75) is 62.0 Å². The molecule has 0 saturated heterocycles. The minimum atomic E-state index is -4.17. The number of hydrogen-bond donors (Lipinski definition) is 1. The third-order valence-corrected chi connectivity index (χ3v) is 10.7. The zero-order valence-electron chi connectivity index (χ0n) is 25.4. The average molecular weight is 754 g/mol. The molecule has 46 heavy (non-hydrogen) atoms. The number of nitrogens with one attached hydrogen (secondary N) is 1. The van der Waals surface area contributed by atoms with Crippen molar-refractivity contribution >= 4 is 50.1 Å². The molecule has 0 bridgehead atoms. The second-order valence-electron chi connectivity index (χ2n) is 11.5. The van der Waals surface area contributed by atoms with E-state index in [1.807, 2.05) is 30.3 Å². The first-order valence-electron chi connectivity index (χ1n) is 15.4. The molecule has 2 amide bonds. The van der Waals surface area contributed by atoms with Crippen molar-refractivity contribution in [2.75, 3.05) is 10.8 Å². The minimum Gasteiger partial charge on any atom is -0.352 e. The van der Waals surface area contributed by atoms with Gasteiger partial charge in [0.1, 0.15) is 18.4 Å². The van der Waals surface area contributed by atoms with Gasteiger partial charge in [-0.3, -0.25) is 13.9 Å². The van der Waals surface area contributed by atoms with E-state index in [1.165, 1.54) is 29.2 Å². The first-order valence-corrected chi connectivity index (χ1v) is 17.9. The van der Waals surface area contributed by atoms with Crippen LogP contribution in [-0.4, -0.2) is 43.8 Å². The molecule has 10 heteroatoms. The Morgan fingerprint density at radius 2 is 1.41 bits per heavy atom. The van der Waals surface area contributed by atoms with Crippen LogP contribution in [0.3, 0.4) is 0 Å². The lowest BCUT2D eigenvalue weighted by atomic mass is 9.94. The van der Waals surface area contributed by atoms with E-state index >= 15 is 0 Å². The van der Waals surface area contributed by atoms with Gasteiger partial charge in [0.15, 0.2) is 0 Å². The number of carbonyl (C=O) groups is 2. The quantitative estimate of drug-likeness (QED) is 0.163. The highest BCUT2D eigenvalue weighted by Crippen LogP contribution is 2.26. The van der Waals surface area contributed by atoms with Gasteiger partial charge in [0, 0.05) is 22.6 Å². The van der Waals surface area contributed by atoms with Gasteiger partial charge in [-0.1, -0.05) is 79.9 Å². The standard InChI is InChI=1S/C36H37FIN3O4S/c37-29-18-16-28(17-19-29)25-40(34(24-27-10-4-1-5-11-27)36(43)39-31-12-6-2-7-13-31)35(42)26-41(32-22-20-30(38)21-23-32)46(44,45)33-14-8-3-9-15-33/h1,3-5,8-11,14-23,31,34H,2,6-7,12-13,24-26H2,(H,39,43). The molecule has 4 aromatic carbocycles. The van der Waals surface area contributed by atoms with Crippen molar-refractivity contribution < 1.29 is 22.4 Å². The highest BCUT2D eigenvalue weighted by atomic mass is 127. The summed E-state index contributed by atoms with van der Waals surface area (Å²) >= 11 is 2.14. The van der Waals surface area contributed by atoms with Gasteiger partial charge in [0.2, 0.25) is 11.8 Å². The average Bonchev–Trinajstić information content (AvgIpc) is 3.07. The van der Waals surface area contributed by atoms with Gasteiger partial charge in [-0.15, -0.1) is 0 Å². The summed E-state index contributed by atoms with van der Waals surface area (Å²) in [5.74, 6) is -1.27. The van der Waals surface area contributed by atoms with E-state index in [4.69, 9.17) is 0 Å². The number of halogens is 2. The van der Waals surface area contributed by atoms with Crippen LogP contribution in [0.5, 0.6) is 0 Å². The second-order valence-corrected chi connectivity index (χ2v) is 14.6. The Bertz CT molecular complexity index is 1700. The topological polar surface area (TPSA) is 86.8 Å². The molecule has 1 aliphatic rings. The van der Waals surface area contributed by atoms with Crippen LogP contribution in [0.2, 0.25) is 0 Å². The molecule has 5 rings (SSSR count). The molecular formula is C36H37FIN3O4S. The first kappa shape index (κ1) is 33.6. The number of rotatable bonds is 12. The van der Waals surface area contributed by atoms with E-state index in [0.29, 0.717) is 11.3 Å². The lowest BCUT2D eigenvalue weighted by Gasteiger charge is -2.35. The normalized spacial score (nSPS) is 14.3. The number of sulfonamides is 1. The molecule has 1 aliphatic carbocycles. The maximum Gasteiger partial charge on any atom is 0.264 e. The summed E-state index contributed by atoms with van der Waals surface area (Å²) in [5, 5.41) is 3.19. The van der Waals surface area contributed by atoms with E-state index in [-0.39, 0.29) is 29.8 Å². The number of benzene rings is 4. The SMILES string of the molecule is O=C(NC1CCCCC1)C(Cc1ccccc1)N(Cc1ccc(F)cc1)C(=O)CN(c1ccc(I)cc1)S(=O)(=O)c1ccccc1. The Hall–Kier alpha value is -3.77. The fourth-order valence-electron chi connectivity index (χ4n) is 5.74. The molecule has 7 nitrogen and oxygen atoms in total. The molecule has 0 aliphatic heterocycles. The Morgan fingerprint density at radius 3 is 2.04 bits per heavy atom. The number of amides is 2. The van der Waals surface area contributed by atoms with E-state index in [1.54, 1.807) is 54.6 Å². The van der Waals surface area contributed by atoms with Crippen molar-refractivity contribution in [1.29, 1.82) is 0 Å². The lowest BCUT2D eigenvalue weighted by molar-refractivity contribution is -0.140. The predicted octanol–water partition coefficient (Wildman–Crippen LogP) is 6.71. The van der Waals surface area contributed by atoms with E-state index in [0.717, 1.165) is 45.5 Å². The van der Waals surface area contributed by atoms with Crippen molar-refractivity contribution in [2.24, 2.45) is 0 Å². The number of nitrogens with zero attached hydrogens (tertiary/aromatic N) is 2. The van der Waals surface area contributed by atoms with Crippen LogP contribution in [0.15, 0.2) is 114 Å². The molecule has 1 saturated carbocycles. The van der Waals surface area contributed by atoms with E-state index in [2.05, 4.69) is 27.9 Å². The highest BCUT2D eigenvalue weighted by Gasteiger charge is 2.35. The van der Waals surface area contributed by atoms with Gasteiger partial charge in [-0.25, -0.2) is 12.8 Å². The van der Waals surface area contributed by atoms with Crippen LogP contribution in [0.25, 0.3) is 0 Å². The summed E-state index contributed by atoms with van der Waals surface area (Å²) < 4.78 is 44.0. The van der Waals surface area contributed by atoms with Crippen molar-refractivity contribution in [3.63, 3.8) is 0 Å². The van der Waals surface area contributed by atoms with E-state index in [9.17, 15) is 22.4 Å². The Labute approximate surface area is 284 Å². The lowest BCUT2D eigenvalue weighted by Crippen LogP contribution is -2.55. The van der Waals surface area contributed by atoms with Crippen molar-refractivity contribution in [3.8, 4) is 0 Å². The Balaban J connectivity index is 1.55. The minimum absolute atomic E-state index is 0.00375. The molecule has 4 aromatic rings. The Kier molecular flexibility index (Phi) is 11.5. The first-order chi connectivity index (χ1) is 22.2. The van der Waals surface area contributed by atoms with Crippen LogP contribution >= 0.6 is 22.6 Å². The number of carbonyl (C=O) groups excluding carboxylic acids is 2. The smallest absolute Gasteiger partial charge is 0.264 e. The van der Waals surface area contributed by atoms with Crippen molar-refractivity contribution in [3.05, 3.63) is 130 Å². The second kappa shape index (κ2) is 15.7. The summed E-state index contributed by atoms with van der Waals surface area (Å²) in [7, 11) is -4.17. The molecule has 0 aromatic heterocycles. The number of hydrogen-bond acceptors (Lipinski definition) is 4. The predicted molar refractivity (Wildman–Crippen MR) is 186 cm³/mol. The molecule has 240 valence electrons. The summed E-state index contributed by atoms with van der Waals surface area (Å²) in [4.78, 5) is 30.1. The zero-order valence-corrected chi connectivity index (χ0v) is 28.4. The van der Waals surface area contributed by atoms with Crippen LogP contribution in [0.1, 0.15) is 43.2 Å². The third kappa shape index (κ3) is 8.73. The molecule has 0 spiro atoms. The van der Waals surface area contributed by atoms with Gasteiger partial charge in [-0.2, -0.15) is 0 Å². The van der Waals surface area contributed by atoms with Gasteiger partial charge < -0.3 is 10.2 Å². The van der Waals surface area contributed by atoms with Crippen LogP contribution in [0, 0.1) is 9.39 Å². The number of anilines is 1. The van der Waals surface area contributed by atoms with Gasteiger partial charge in [0.05, 0.1) is 10.6 Å². The third-order valence-electron chi connectivity index (χ3n) is 8.21. The fraction of sp³-hybridized carbons (Fsp3) is 0.278. The van der Waals surface area contributed by atoms with Crippen LogP contribution < -0.4 is 9.62 Å². The fourth-order valence-corrected chi connectivity index (χ4v) is 7.54. The summed E-state index contributed by atoms with van der Waals surface area (Å²) in [6.45, 7) is -0.554. The van der Waals surface area contributed by atoms with Gasteiger partial charge in [0.25, 0.3) is 10.0 Å². The molecule has 1 fully saturated rings. The van der Waals surface area contributed by atoms with Gasteiger partial charge >= 0.3 is 0 Å². The maximum absolute atomic E-state index is 14.5. The largest absolute Gasteiger partial charge is 0.352 e. The Morgan fingerprint density at radius 1 is 0.804 bits per heavy atom. The van der Waals surface area contributed by atoms with Crippen molar-refractivity contribution in [1.82, 2.24) is 10.2 Å². The molecular weight excluding hydrogens is 716 g/mol. The molecule has 0 heterocycles. The summed E-state index contributed by atoms with van der Waals surface area (Å²) in [6, 6.07) is 29.1. The zero-order chi connectivity index (χ0) is 32.5. The molecule has 1 N–H and O–H groups in total. The summed E-state index contributed by atoms with van der Waals surface area (Å²) in [6.07, 6.45) is 5.13. The van der Waals surface area contributed by atoms with Crippen LogP contribution in [-0.2, 0) is 32.6 Å². The molecule has 1 atom stereocenters. The van der Waals surface area contributed by atoms with E-state index < -0.39 is 34.3 Å². The maximum atomic E-state index is 14.5. The molecule has 0 radical (unpaired) electrons. The van der Waals surface area contributed by atoms with Gasteiger partial charge in [-0.05, 0) is 95.1 Å². The van der Waals surface area contributed by atoms with Crippen LogP contribution in [0.4, 0.5) is 10.1 Å². The summed E-state index contributed by atoms with van der Waals surface area (Å²) in [5.41, 5.74) is 1.80. The highest BCUT2D eigenvalue weighted by molar-refractivity contribution is 14.1. The monoisotopic (exact) mass is 753 g/mol.